The first kappa shape index (κ1) is 14.8. The van der Waals surface area contributed by atoms with Crippen molar-refractivity contribution in [1.29, 1.82) is 0 Å². The molecule has 6 heteroatoms. The number of carbonyl (C=O) groups excluding carboxylic acids is 2. The van der Waals surface area contributed by atoms with Crippen molar-refractivity contribution in [2.75, 3.05) is 33.3 Å². The van der Waals surface area contributed by atoms with Gasteiger partial charge in [0, 0.05) is 33.3 Å². The highest BCUT2D eigenvalue weighted by molar-refractivity contribution is 5.93. The number of nitrogens with zero attached hydrogens (tertiary/aromatic N) is 2. The standard InChI is InChI=1S/C19H26N2O4/c1-17(2,3)25-16(23)21-7-5-20(6-8-21)15(22)18-9-12-10(18)14-11(18)13(9)19(12,14)24-4/h9-14H,5-8H2,1-4H3. The van der Waals surface area contributed by atoms with E-state index in [0.717, 1.165) is 0 Å². The van der Waals surface area contributed by atoms with E-state index in [1.807, 2.05) is 32.8 Å². The molecule has 0 aromatic carbocycles. The van der Waals surface area contributed by atoms with Crippen molar-refractivity contribution >= 4 is 12.0 Å². The minimum atomic E-state index is -0.476. The van der Waals surface area contributed by atoms with Crippen LogP contribution in [0.1, 0.15) is 20.8 Å². The zero-order valence-corrected chi connectivity index (χ0v) is 15.3. The third-order valence-electron chi connectivity index (χ3n) is 8.48. The number of rotatable bonds is 2. The topological polar surface area (TPSA) is 59.1 Å². The van der Waals surface area contributed by atoms with Crippen LogP contribution in [-0.2, 0) is 14.3 Å². The summed E-state index contributed by atoms with van der Waals surface area (Å²) in [5.74, 6) is 4.28. The number of hydrogen-bond donors (Lipinski definition) is 0. The van der Waals surface area contributed by atoms with Crippen molar-refractivity contribution in [2.24, 2.45) is 40.9 Å². The molecule has 0 bridgehead atoms. The van der Waals surface area contributed by atoms with Crippen molar-refractivity contribution < 1.29 is 19.1 Å². The molecule has 6 saturated carbocycles. The van der Waals surface area contributed by atoms with Crippen LogP contribution < -0.4 is 0 Å². The average Bonchev–Trinajstić information content (AvgIpc) is 2.59. The summed E-state index contributed by atoms with van der Waals surface area (Å²) in [5.41, 5.74) is -0.276. The zero-order valence-electron chi connectivity index (χ0n) is 15.3. The van der Waals surface area contributed by atoms with E-state index in [9.17, 15) is 9.59 Å². The maximum Gasteiger partial charge on any atom is 0.410 e. The molecule has 7 fully saturated rings. The lowest BCUT2D eigenvalue weighted by molar-refractivity contribution is -0.649. The quantitative estimate of drug-likeness (QED) is 0.754. The Hall–Kier alpha value is -1.30. The fourth-order valence-corrected chi connectivity index (χ4v) is 7.96. The van der Waals surface area contributed by atoms with E-state index in [4.69, 9.17) is 9.47 Å². The summed E-state index contributed by atoms with van der Waals surface area (Å²) in [7, 11) is 1.85. The van der Waals surface area contributed by atoms with Gasteiger partial charge in [0.15, 0.2) is 0 Å². The van der Waals surface area contributed by atoms with Gasteiger partial charge in [-0.15, -0.1) is 0 Å². The minimum Gasteiger partial charge on any atom is -0.444 e. The van der Waals surface area contributed by atoms with Crippen molar-refractivity contribution in [2.45, 2.75) is 32.0 Å². The van der Waals surface area contributed by atoms with Gasteiger partial charge in [-0.3, -0.25) is 4.79 Å². The van der Waals surface area contributed by atoms with E-state index in [1.54, 1.807) is 4.90 Å². The molecule has 1 aliphatic heterocycles. The van der Waals surface area contributed by atoms with Crippen LogP contribution in [0.15, 0.2) is 0 Å². The van der Waals surface area contributed by atoms with Crippen LogP contribution in [0.5, 0.6) is 0 Å². The third kappa shape index (κ3) is 1.18. The molecule has 2 amide bonds. The highest BCUT2D eigenvalue weighted by Crippen LogP contribution is 3.07. The lowest BCUT2D eigenvalue weighted by Crippen LogP contribution is -3.14. The first-order valence-electron chi connectivity index (χ1n) is 9.62. The average molecular weight is 346 g/mol. The summed E-state index contributed by atoms with van der Waals surface area (Å²) >= 11 is 0. The molecular formula is C19H26N2O4. The van der Waals surface area contributed by atoms with Crippen LogP contribution >= 0.6 is 0 Å². The number of piperazine rings is 1. The molecule has 0 spiro atoms. The summed E-state index contributed by atoms with van der Waals surface area (Å²) in [6.45, 7) is 8.07. The Morgan fingerprint density at radius 3 is 1.80 bits per heavy atom. The van der Waals surface area contributed by atoms with Gasteiger partial charge in [0.25, 0.3) is 0 Å². The molecule has 1 heterocycles. The Bertz CT molecular complexity index is 649. The third-order valence-corrected chi connectivity index (χ3v) is 8.48. The van der Waals surface area contributed by atoms with Crippen LogP contribution in [0.4, 0.5) is 4.79 Å². The van der Waals surface area contributed by atoms with Gasteiger partial charge >= 0.3 is 6.09 Å². The van der Waals surface area contributed by atoms with Gasteiger partial charge in [0.05, 0.1) is 11.0 Å². The number of amides is 2. The molecule has 6 nitrogen and oxygen atoms in total. The van der Waals surface area contributed by atoms with Crippen LogP contribution in [0.25, 0.3) is 0 Å². The normalized spacial score (nSPS) is 52.8. The van der Waals surface area contributed by atoms with Crippen LogP contribution in [0, 0.1) is 40.9 Å². The molecule has 1 saturated heterocycles. The molecule has 0 aromatic heterocycles. The Morgan fingerprint density at radius 1 is 0.880 bits per heavy atom. The fraction of sp³-hybridized carbons (Fsp3) is 0.895. The molecule has 25 heavy (non-hydrogen) atoms. The molecule has 0 aromatic rings. The summed E-state index contributed by atoms with van der Waals surface area (Å²) in [4.78, 5) is 29.2. The molecule has 7 aliphatic rings. The first-order valence-corrected chi connectivity index (χ1v) is 9.62. The maximum absolute atomic E-state index is 13.2. The van der Waals surface area contributed by atoms with Gasteiger partial charge in [-0.25, -0.2) is 4.79 Å². The molecule has 6 aliphatic carbocycles. The number of methoxy groups -OCH3 is 1. The van der Waals surface area contributed by atoms with Gasteiger partial charge < -0.3 is 19.3 Å². The van der Waals surface area contributed by atoms with Crippen molar-refractivity contribution in [1.82, 2.24) is 9.80 Å². The van der Waals surface area contributed by atoms with Gasteiger partial charge in [0.1, 0.15) is 5.60 Å². The second-order valence-electron chi connectivity index (χ2n) is 9.90. The molecule has 0 unspecified atom stereocenters. The fourth-order valence-electron chi connectivity index (χ4n) is 7.96. The van der Waals surface area contributed by atoms with Crippen molar-refractivity contribution in [3.63, 3.8) is 0 Å². The zero-order chi connectivity index (χ0) is 17.5. The Labute approximate surface area is 147 Å². The molecule has 136 valence electrons. The van der Waals surface area contributed by atoms with E-state index < -0.39 is 5.60 Å². The molecule has 0 radical (unpaired) electrons. The molecule has 7 rings (SSSR count). The monoisotopic (exact) mass is 346 g/mol. The number of ether oxygens (including phenoxy) is 2. The Morgan fingerprint density at radius 2 is 1.36 bits per heavy atom. The van der Waals surface area contributed by atoms with Gasteiger partial charge in [-0.1, -0.05) is 0 Å². The minimum absolute atomic E-state index is 0.00559. The molecule has 0 atom stereocenters. The highest BCUT2D eigenvalue weighted by atomic mass is 16.6. The van der Waals surface area contributed by atoms with Crippen LogP contribution in [0.2, 0.25) is 0 Å². The number of hydrogen-bond acceptors (Lipinski definition) is 4. The predicted molar refractivity (Wildman–Crippen MR) is 87.5 cm³/mol. The second kappa shape index (κ2) is 3.85. The summed E-state index contributed by atoms with van der Waals surface area (Å²) in [6.07, 6.45) is -0.266. The lowest BCUT2D eigenvalue weighted by Gasteiger charge is -3.09. The van der Waals surface area contributed by atoms with Crippen LogP contribution in [-0.4, -0.2) is 66.3 Å². The summed E-state index contributed by atoms with van der Waals surface area (Å²) in [5, 5.41) is 0. The van der Waals surface area contributed by atoms with E-state index in [1.165, 1.54) is 0 Å². The Balaban J connectivity index is 1.10. The van der Waals surface area contributed by atoms with E-state index in [0.29, 0.717) is 67.6 Å². The largest absolute Gasteiger partial charge is 0.444 e. The van der Waals surface area contributed by atoms with Gasteiger partial charge in [0.2, 0.25) is 5.91 Å². The van der Waals surface area contributed by atoms with E-state index in [2.05, 4.69) is 0 Å². The van der Waals surface area contributed by atoms with E-state index >= 15 is 0 Å². The first-order chi connectivity index (χ1) is 11.8. The second-order valence-corrected chi connectivity index (χ2v) is 9.90. The SMILES string of the molecule is COC12C3C4C1C1C2C3C41C(=O)N1CCN(C(=O)OC(C)(C)C)CC1. The molecular weight excluding hydrogens is 320 g/mol. The van der Waals surface area contributed by atoms with E-state index in [-0.39, 0.29) is 17.1 Å². The summed E-state index contributed by atoms with van der Waals surface area (Å²) < 4.78 is 11.3. The molecule has 0 N–H and O–H groups in total. The van der Waals surface area contributed by atoms with Gasteiger partial charge in [-0.05, 0) is 56.3 Å². The van der Waals surface area contributed by atoms with Crippen molar-refractivity contribution in [3.8, 4) is 0 Å². The van der Waals surface area contributed by atoms with Crippen molar-refractivity contribution in [3.05, 3.63) is 0 Å². The summed E-state index contributed by atoms with van der Waals surface area (Å²) in [6, 6.07) is 0. The van der Waals surface area contributed by atoms with Gasteiger partial charge in [-0.2, -0.15) is 0 Å². The predicted octanol–water partition coefficient (Wildman–Crippen LogP) is 1.20. The highest BCUT2D eigenvalue weighted by Gasteiger charge is 3.12. The Kier molecular flexibility index (Phi) is 2.28. The lowest BCUT2D eigenvalue weighted by atomic mass is 8.94. The smallest absolute Gasteiger partial charge is 0.410 e. The maximum atomic E-state index is 13.2. The van der Waals surface area contributed by atoms with Crippen LogP contribution in [0.3, 0.4) is 0 Å². The number of carbonyl (C=O) groups is 2.